The van der Waals surface area contributed by atoms with Crippen LogP contribution in [0.2, 0.25) is 0 Å². The maximum absolute atomic E-state index is 12.1. The van der Waals surface area contributed by atoms with Gasteiger partial charge in [0.15, 0.2) is 11.5 Å². The Kier molecular flexibility index (Phi) is 3.23. The minimum Gasteiger partial charge on any atom is -0.493 e. The van der Waals surface area contributed by atoms with E-state index in [1.54, 1.807) is 14.2 Å². The van der Waals surface area contributed by atoms with Crippen molar-refractivity contribution in [2.24, 2.45) is 0 Å². The average Bonchev–Trinajstić information content (AvgIpc) is 3.00. The highest BCUT2D eigenvalue weighted by Gasteiger charge is 2.25. The second-order valence-corrected chi connectivity index (χ2v) is 5.72. The van der Waals surface area contributed by atoms with Crippen LogP contribution in [-0.4, -0.2) is 31.9 Å². The van der Waals surface area contributed by atoms with Crippen LogP contribution in [0.1, 0.15) is 16.1 Å². The first-order chi connectivity index (χ1) is 11.7. The van der Waals surface area contributed by atoms with E-state index in [-0.39, 0.29) is 5.97 Å². The van der Waals surface area contributed by atoms with Crippen LogP contribution in [0.15, 0.2) is 36.4 Å². The Bertz CT molecular complexity index is 971. The summed E-state index contributed by atoms with van der Waals surface area (Å²) in [5.41, 5.74) is 4.84. The van der Waals surface area contributed by atoms with Crippen molar-refractivity contribution >= 4 is 16.9 Å². The Balaban J connectivity index is 2.03. The third-order valence-corrected chi connectivity index (χ3v) is 4.54. The summed E-state index contributed by atoms with van der Waals surface area (Å²) in [5, 5.41) is 1.02. The number of methoxy groups -OCH3 is 3. The Labute approximate surface area is 139 Å². The van der Waals surface area contributed by atoms with Gasteiger partial charge in [0.25, 0.3) is 0 Å². The number of nitrogens with zero attached hydrogens (tertiary/aromatic N) is 1. The first kappa shape index (κ1) is 14.6. The van der Waals surface area contributed by atoms with Gasteiger partial charge in [0, 0.05) is 17.5 Å². The van der Waals surface area contributed by atoms with E-state index in [0.29, 0.717) is 23.7 Å². The zero-order valence-corrected chi connectivity index (χ0v) is 13.8. The zero-order chi connectivity index (χ0) is 16.8. The molecule has 2 heterocycles. The lowest BCUT2D eigenvalue weighted by Crippen LogP contribution is -2.15. The van der Waals surface area contributed by atoms with Crippen LogP contribution in [0, 0.1) is 0 Å². The van der Waals surface area contributed by atoms with E-state index >= 15 is 0 Å². The SMILES string of the molecule is COC(=O)c1cc2cccc3c2n1Cc1cc(OC)c(OC)cc1-3. The van der Waals surface area contributed by atoms with Crippen LogP contribution in [0.25, 0.3) is 22.0 Å². The third-order valence-electron chi connectivity index (χ3n) is 4.54. The monoisotopic (exact) mass is 323 g/mol. The molecule has 0 spiro atoms. The molecule has 0 saturated carbocycles. The number of carbonyl (C=O) groups excluding carboxylic acids is 1. The molecular weight excluding hydrogens is 306 g/mol. The van der Waals surface area contributed by atoms with Gasteiger partial charge in [-0.25, -0.2) is 4.79 Å². The van der Waals surface area contributed by atoms with E-state index in [0.717, 1.165) is 27.6 Å². The number of hydrogen-bond donors (Lipinski definition) is 0. The maximum Gasteiger partial charge on any atom is 0.354 e. The predicted octanol–water partition coefficient (Wildman–Crippen LogP) is 3.47. The molecule has 0 radical (unpaired) electrons. The number of aromatic nitrogens is 1. The van der Waals surface area contributed by atoms with Gasteiger partial charge in [-0.05, 0) is 29.3 Å². The molecular formula is C19H17NO4. The van der Waals surface area contributed by atoms with Gasteiger partial charge in [0.2, 0.25) is 0 Å². The molecule has 5 nitrogen and oxygen atoms in total. The fourth-order valence-corrected chi connectivity index (χ4v) is 3.45. The third kappa shape index (κ3) is 1.91. The molecule has 0 N–H and O–H groups in total. The summed E-state index contributed by atoms with van der Waals surface area (Å²) in [4.78, 5) is 12.1. The van der Waals surface area contributed by atoms with E-state index < -0.39 is 0 Å². The Morgan fingerprint density at radius 1 is 1.00 bits per heavy atom. The molecule has 0 atom stereocenters. The van der Waals surface area contributed by atoms with Crippen molar-refractivity contribution in [3.63, 3.8) is 0 Å². The van der Waals surface area contributed by atoms with Crippen molar-refractivity contribution in [3.8, 4) is 22.6 Å². The molecule has 5 heteroatoms. The average molecular weight is 323 g/mol. The quantitative estimate of drug-likeness (QED) is 0.542. The van der Waals surface area contributed by atoms with E-state index in [1.165, 1.54) is 7.11 Å². The van der Waals surface area contributed by atoms with Crippen molar-refractivity contribution in [1.82, 2.24) is 4.57 Å². The smallest absolute Gasteiger partial charge is 0.354 e. The minimum absolute atomic E-state index is 0.332. The standard InChI is InChI=1S/C19H17NO4/c1-22-16-8-12-10-20-15(19(21)24-3)7-11-5-4-6-13(18(11)20)14(12)9-17(16)23-2/h4-9H,10H2,1-3H3. The van der Waals surface area contributed by atoms with E-state index in [1.807, 2.05) is 34.9 Å². The number of carbonyl (C=O) groups is 1. The summed E-state index contributed by atoms with van der Waals surface area (Å²) in [6, 6.07) is 11.9. The fourth-order valence-electron chi connectivity index (χ4n) is 3.45. The molecule has 2 aromatic carbocycles. The lowest BCUT2D eigenvalue weighted by atomic mass is 9.94. The van der Waals surface area contributed by atoms with Gasteiger partial charge in [0.05, 0.1) is 26.8 Å². The van der Waals surface area contributed by atoms with Gasteiger partial charge in [-0.3, -0.25) is 0 Å². The van der Waals surface area contributed by atoms with Crippen LogP contribution in [0.4, 0.5) is 0 Å². The summed E-state index contributed by atoms with van der Waals surface area (Å²) < 4.78 is 17.8. The van der Waals surface area contributed by atoms with E-state index in [2.05, 4.69) is 6.07 Å². The molecule has 0 aliphatic carbocycles. The van der Waals surface area contributed by atoms with Crippen molar-refractivity contribution in [2.75, 3.05) is 21.3 Å². The normalized spacial score (nSPS) is 12.0. The van der Waals surface area contributed by atoms with Gasteiger partial charge in [0.1, 0.15) is 5.69 Å². The lowest BCUT2D eigenvalue weighted by Gasteiger charge is -2.23. The summed E-state index contributed by atoms with van der Waals surface area (Å²) in [5.74, 6) is 1.04. The molecule has 4 rings (SSSR count). The second-order valence-electron chi connectivity index (χ2n) is 5.72. The van der Waals surface area contributed by atoms with Crippen molar-refractivity contribution in [2.45, 2.75) is 6.54 Å². The molecule has 0 saturated heterocycles. The van der Waals surface area contributed by atoms with Gasteiger partial charge >= 0.3 is 5.97 Å². The Morgan fingerprint density at radius 2 is 1.75 bits per heavy atom. The zero-order valence-electron chi connectivity index (χ0n) is 13.8. The van der Waals surface area contributed by atoms with Gasteiger partial charge in [-0.2, -0.15) is 0 Å². The molecule has 0 amide bonds. The maximum atomic E-state index is 12.1. The van der Waals surface area contributed by atoms with Gasteiger partial charge < -0.3 is 18.8 Å². The number of hydrogen-bond acceptors (Lipinski definition) is 4. The molecule has 0 fully saturated rings. The van der Waals surface area contributed by atoms with Gasteiger partial charge in [-0.1, -0.05) is 18.2 Å². The van der Waals surface area contributed by atoms with Crippen molar-refractivity contribution < 1.29 is 19.0 Å². The highest BCUT2D eigenvalue weighted by Crippen LogP contribution is 2.42. The Hall–Kier alpha value is -2.95. The van der Waals surface area contributed by atoms with Crippen molar-refractivity contribution in [3.05, 3.63) is 47.7 Å². The molecule has 1 aliphatic rings. The topological polar surface area (TPSA) is 49.7 Å². The molecule has 3 aromatic rings. The minimum atomic E-state index is -0.332. The first-order valence-electron chi connectivity index (χ1n) is 7.63. The predicted molar refractivity (Wildman–Crippen MR) is 90.9 cm³/mol. The largest absolute Gasteiger partial charge is 0.493 e. The lowest BCUT2D eigenvalue weighted by molar-refractivity contribution is 0.0589. The summed E-state index contributed by atoms with van der Waals surface area (Å²) in [7, 11) is 4.65. The molecule has 1 aromatic heterocycles. The number of ether oxygens (including phenoxy) is 3. The highest BCUT2D eigenvalue weighted by molar-refractivity contribution is 6.03. The molecule has 0 bridgehead atoms. The highest BCUT2D eigenvalue weighted by atomic mass is 16.5. The number of fused-ring (bicyclic) bond motifs is 2. The number of rotatable bonds is 3. The first-order valence-corrected chi connectivity index (χ1v) is 7.63. The van der Waals surface area contributed by atoms with Crippen molar-refractivity contribution in [1.29, 1.82) is 0 Å². The summed E-state index contributed by atoms with van der Waals surface area (Å²) in [6.07, 6.45) is 0. The Morgan fingerprint density at radius 3 is 2.46 bits per heavy atom. The number of esters is 1. The summed E-state index contributed by atoms with van der Waals surface area (Å²) >= 11 is 0. The number of para-hydroxylation sites is 1. The molecule has 1 aliphatic heterocycles. The van der Waals surface area contributed by atoms with Crippen LogP contribution in [0.5, 0.6) is 11.5 Å². The van der Waals surface area contributed by atoms with Crippen LogP contribution < -0.4 is 9.47 Å². The molecule has 0 unspecified atom stereocenters. The second kappa shape index (κ2) is 5.30. The molecule has 24 heavy (non-hydrogen) atoms. The molecule has 122 valence electrons. The van der Waals surface area contributed by atoms with E-state index in [4.69, 9.17) is 14.2 Å². The van der Waals surface area contributed by atoms with Crippen LogP contribution in [-0.2, 0) is 11.3 Å². The summed E-state index contributed by atoms with van der Waals surface area (Å²) in [6.45, 7) is 0.584. The van der Waals surface area contributed by atoms with Crippen LogP contribution >= 0.6 is 0 Å². The van der Waals surface area contributed by atoms with Crippen LogP contribution in [0.3, 0.4) is 0 Å². The number of benzene rings is 2. The fraction of sp³-hybridized carbons (Fsp3) is 0.211. The van der Waals surface area contributed by atoms with E-state index in [9.17, 15) is 4.79 Å². The van der Waals surface area contributed by atoms with Gasteiger partial charge in [-0.15, -0.1) is 0 Å².